The molecule has 0 bridgehead atoms. The van der Waals surface area contributed by atoms with Crippen LogP contribution < -0.4 is 0 Å². The van der Waals surface area contributed by atoms with Gasteiger partial charge in [-0.15, -0.1) is 5.10 Å². The lowest BCUT2D eigenvalue weighted by Crippen LogP contribution is -2.49. The maximum absolute atomic E-state index is 12.5. The second kappa shape index (κ2) is 5.99. The van der Waals surface area contributed by atoms with Gasteiger partial charge in [-0.1, -0.05) is 30.9 Å². The second-order valence-electron chi connectivity index (χ2n) is 6.90. The van der Waals surface area contributed by atoms with Gasteiger partial charge in [0, 0.05) is 19.5 Å². The Bertz CT molecular complexity index is 538. The van der Waals surface area contributed by atoms with E-state index in [2.05, 4.69) is 10.3 Å². The summed E-state index contributed by atoms with van der Waals surface area (Å²) in [6.45, 7) is 2.11. The molecule has 0 N–H and O–H groups in total. The van der Waals surface area contributed by atoms with E-state index in [-0.39, 0.29) is 12.1 Å². The summed E-state index contributed by atoms with van der Waals surface area (Å²) in [6.07, 6.45) is 9.92. The van der Waals surface area contributed by atoms with Crippen LogP contribution in [0.15, 0.2) is 6.20 Å². The van der Waals surface area contributed by atoms with E-state index < -0.39 is 0 Å². The topological polar surface area (TPSA) is 60.3 Å². The van der Waals surface area contributed by atoms with Gasteiger partial charge in [-0.3, -0.25) is 4.79 Å². The Morgan fingerprint density at radius 3 is 3.05 bits per heavy atom. The van der Waals surface area contributed by atoms with Crippen molar-refractivity contribution in [2.75, 3.05) is 13.1 Å². The molecule has 6 heteroatoms. The van der Waals surface area contributed by atoms with Crippen molar-refractivity contribution in [3.8, 4) is 0 Å². The van der Waals surface area contributed by atoms with Gasteiger partial charge in [0.1, 0.15) is 0 Å². The molecule has 2 aliphatic heterocycles. The van der Waals surface area contributed by atoms with Crippen LogP contribution in [0.25, 0.3) is 0 Å². The second-order valence-corrected chi connectivity index (χ2v) is 6.90. The molecule has 0 unspecified atom stereocenters. The summed E-state index contributed by atoms with van der Waals surface area (Å²) < 4.78 is 7.86. The Morgan fingerprint density at radius 1 is 1.32 bits per heavy atom. The first-order valence-corrected chi connectivity index (χ1v) is 8.59. The lowest BCUT2D eigenvalue weighted by atomic mass is 9.98. The van der Waals surface area contributed by atoms with Gasteiger partial charge in [0.05, 0.1) is 30.6 Å². The summed E-state index contributed by atoms with van der Waals surface area (Å²) in [4.78, 5) is 14.5. The molecule has 0 spiro atoms. The highest BCUT2D eigenvalue weighted by atomic mass is 16.5. The fourth-order valence-electron chi connectivity index (χ4n) is 4.19. The van der Waals surface area contributed by atoms with Crippen molar-refractivity contribution in [2.45, 2.75) is 63.7 Å². The molecule has 0 aromatic carbocycles. The third kappa shape index (κ3) is 2.64. The van der Waals surface area contributed by atoms with Crippen LogP contribution in [0.3, 0.4) is 0 Å². The summed E-state index contributed by atoms with van der Waals surface area (Å²) in [7, 11) is 0. The first-order chi connectivity index (χ1) is 10.8. The number of fused-ring (bicyclic) bond motifs is 3. The molecule has 3 heterocycles. The molecule has 4 rings (SSSR count). The molecule has 3 aliphatic rings. The zero-order valence-corrected chi connectivity index (χ0v) is 13.0. The number of carbonyl (C=O) groups excluding carboxylic acids is 1. The average Bonchev–Trinajstić information content (AvgIpc) is 3.23. The zero-order chi connectivity index (χ0) is 14.9. The largest absolute Gasteiger partial charge is 0.370 e. The Hall–Kier alpha value is -1.43. The first kappa shape index (κ1) is 14.2. The Balaban J connectivity index is 1.37. The van der Waals surface area contributed by atoms with Gasteiger partial charge in [0.15, 0.2) is 0 Å². The molecule has 1 aromatic rings. The molecule has 120 valence electrons. The van der Waals surface area contributed by atoms with Crippen molar-refractivity contribution in [2.24, 2.45) is 5.92 Å². The van der Waals surface area contributed by atoms with E-state index >= 15 is 0 Å². The van der Waals surface area contributed by atoms with Gasteiger partial charge in [0.2, 0.25) is 5.91 Å². The molecule has 0 radical (unpaired) electrons. The molecule has 1 saturated heterocycles. The van der Waals surface area contributed by atoms with Crippen LogP contribution in [0, 0.1) is 5.92 Å². The molecule has 22 heavy (non-hydrogen) atoms. The third-order valence-corrected chi connectivity index (χ3v) is 5.52. The van der Waals surface area contributed by atoms with Gasteiger partial charge < -0.3 is 9.64 Å². The van der Waals surface area contributed by atoms with Crippen molar-refractivity contribution in [1.29, 1.82) is 0 Å². The molecule has 1 aromatic heterocycles. The van der Waals surface area contributed by atoms with Crippen molar-refractivity contribution >= 4 is 5.91 Å². The van der Waals surface area contributed by atoms with E-state index in [1.807, 2.05) is 9.58 Å². The lowest BCUT2D eigenvalue weighted by Gasteiger charge is -2.41. The molecular weight excluding hydrogens is 280 g/mol. The number of carbonyl (C=O) groups is 1. The molecule has 2 atom stereocenters. The number of hydrogen-bond donors (Lipinski definition) is 0. The zero-order valence-electron chi connectivity index (χ0n) is 13.0. The van der Waals surface area contributed by atoms with Gasteiger partial charge in [0.25, 0.3) is 0 Å². The van der Waals surface area contributed by atoms with Crippen molar-refractivity contribution in [3.63, 3.8) is 0 Å². The van der Waals surface area contributed by atoms with E-state index in [1.165, 1.54) is 25.7 Å². The van der Waals surface area contributed by atoms with Crippen LogP contribution in [-0.2, 0) is 16.1 Å². The summed E-state index contributed by atoms with van der Waals surface area (Å²) >= 11 is 0. The Morgan fingerprint density at radius 2 is 2.18 bits per heavy atom. The smallest absolute Gasteiger partial charge is 0.222 e. The van der Waals surface area contributed by atoms with E-state index in [4.69, 9.17) is 4.74 Å². The van der Waals surface area contributed by atoms with E-state index in [1.54, 1.807) is 6.20 Å². The fraction of sp³-hybridized carbons (Fsp3) is 0.812. The van der Waals surface area contributed by atoms with Gasteiger partial charge in [-0.2, -0.15) is 0 Å². The number of ether oxygens (including phenoxy) is 1. The fourth-order valence-corrected chi connectivity index (χ4v) is 4.19. The predicted octanol–water partition coefficient (Wildman–Crippen LogP) is 1.92. The summed E-state index contributed by atoms with van der Waals surface area (Å²) in [5, 5.41) is 8.18. The molecule has 1 saturated carbocycles. The van der Waals surface area contributed by atoms with Crippen molar-refractivity contribution < 1.29 is 9.53 Å². The van der Waals surface area contributed by atoms with E-state index in [0.717, 1.165) is 31.0 Å². The van der Waals surface area contributed by atoms with Gasteiger partial charge >= 0.3 is 0 Å². The highest BCUT2D eigenvalue weighted by Crippen LogP contribution is 2.32. The van der Waals surface area contributed by atoms with Crippen LogP contribution in [0.5, 0.6) is 0 Å². The lowest BCUT2D eigenvalue weighted by molar-refractivity contribution is -0.138. The van der Waals surface area contributed by atoms with Crippen LogP contribution in [0.2, 0.25) is 0 Å². The molecule has 6 nitrogen and oxygen atoms in total. The van der Waals surface area contributed by atoms with Crippen LogP contribution >= 0.6 is 0 Å². The minimum Gasteiger partial charge on any atom is -0.370 e. The Kier molecular flexibility index (Phi) is 3.86. The maximum atomic E-state index is 12.5. The van der Waals surface area contributed by atoms with Crippen molar-refractivity contribution in [3.05, 3.63) is 11.9 Å². The maximum Gasteiger partial charge on any atom is 0.222 e. The van der Waals surface area contributed by atoms with E-state index in [0.29, 0.717) is 25.5 Å². The summed E-state index contributed by atoms with van der Waals surface area (Å²) in [6, 6.07) is 0.135. The molecule has 2 fully saturated rings. The number of amides is 1. The minimum absolute atomic E-state index is 0.135. The standard InChI is InChI=1S/C16H24N4O2/c21-16(6-5-12-3-1-2-4-12)19-8-7-15-14(10-19)20-13(11-22-15)9-17-18-20/h9,12,14-15H,1-8,10-11H2/t14-,15+/m0/s1. The number of likely N-dealkylation sites (tertiary alicyclic amines) is 1. The van der Waals surface area contributed by atoms with Crippen LogP contribution in [0.4, 0.5) is 0 Å². The van der Waals surface area contributed by atoms with Gasteiger partial charge in [-0.05, 0) is 18.8 Å². The quantitative estimate of drug-likeness (QED) is 0.856. The number of hydrogen-bond acceptors (Lipinski definition) is 4. The molecular formula is C16H24N4O2. The number of aromatic nitrogens is 3. The van der Waals surface area contributed by atoms with Crippen molar-refractivity contribution in [1.82, 2.24) is 19.9 Å². The number of rotatable bonds is 3. The minimum atomic E-state index is 0.135. The SMILES string of the molecule is O=C(CCC1CCCC1)N1CC[C@H]2OCc3cnnn3[C@H]2C1. The summed E-state index contributed by atoms with van der Waals surface area (Å²) in [5.41, 5.74) is 1.02. The Labute approximate surface area is 130 Å². The highest BCUT2D eigenvalue weighted by Gasteiger charge is 2.37. The number of piperidine rings is 1. The average molecular weight is 304 g/mol. The van der Waals surface area contributed by atoms with Gasteiger partial charge in [-0.25, -0.2) is 4.68 Å². The summed E-state index contributed by atoms with van der Waals surface area (Å²) in [5.74, 6) is 1.08. The molecule has 1 aliphatic carbocycles. The van der Waals surface area contributed by atoms with Crippen LogP contribution in [0.1, 0.15) is 56.7 Å². The third-order valence-electron chi connectivity index (χ3n) is 5.52. The molecule has 1 amide bonds. The van der Waals surface area contributed by atoms with Crippen LogP contribution in [-0.4, -0.2) is 45.0 Å². The highest BCUT2D eigenvalue weighted by molar-refractivity contribution is 5.76. The monoisotopic (exact) mass is 304 g/mol. The predicted molar refractivity (Wildman–Crippen MR) is 80.0 cm³/mol. The first-order valence-electron chi connectivity index (χ1n) is 8.59. The van der Waals surface area contributed by atoms with E-state index in [9.17, 15) is 4.79 Å². The number of nitrogens with zero attached hydrogens (tertiary/aromatic N) is 4. The normalized spacial score (nSPS) is 28.5.